The van der Waals surface area contributed by atoms with E-state index in [0.717, 1.165) is 48.6 Å². The Bertz CT molecular complexity index is 1020. The zero-order chi connectivity index (χ0) is 22.1. The number of benzene rings is 2. The van der Waals surface area contributed by atoms with Crippen LogP contribution in [0.3, 0.4) is 0 Å². The number of rotatable bonds is 11. The first-order valence-electron chi connectivity index (χ1n) is 11.2. The topological polar surface area (TPSA) is 42.4 Å². The Labute approximate surface area is 184 Å². The smallest absolute Gasteiger partial charge is 0.165 e. The Balaban J connectivity index is 1.53. The zero-order valence-electron chi connectivity index (χ0n) is 18.5. The van der Waals surface area contributed by atoms with Crippen LogP contribution >= 0.6 is 0 Å². The highest BCUT2D eigenvalue weighted by Gasteiger charge is 2.06. The van der Waals surface area contributed by atoms with E-state index in [0.29, 0.717) is 17.4 Å². The van der Waals surface area contributed by atoms with Gasteiger partial charge >= 0.3 is 0 Å². The summed E-state index contributed by atoms with van der Waals surface area (Å²) < 4.78 is 19.5. The molecule has 0 radical (unpaired) electrons. The molecule has 3 aromatic rings. The van der Waals surface area contributed by atoms with Crippen LogP contribution in [0.1, 0.15) is 57.9 Å². The minimum Gasteiger partial charge on any atom is -0.505 e. The van der Waals surface area contributed by atoms with Crippen molar-refractivity contribution >= 4 is 16.8 Å². The first-order valence-corrected chi connectivity index (χ1v) is 11.2. The van der Waals surface area contributed by atoms with Gasteiger partial charge in [-0.05, 0) is 73.9 Å². The molecule has 1 N–H and O–H groups in total. The Morgan fingerprint density at radius 3 is 2.74 bits per heavy atom. The minimum atomic E-state index is -0.641. The molecule has 1 heterocycles. The molecule has 1 atom stereocenters. The molecular weight excluding hydrogens is 389 g/mol. The first kappa shape index (κ1) is 23.0. The Morgan fingerprint density at radius 2 is 1.94 bits per heavy atom. The molecule has 0 saturated carbocycles. The number of hydrogen-bond acceptors (Lipinski definition) is 3. The van der Waals surface area contributed by atoms with E-state index < -0.39 is 5.82 Å². The third kappa shape index (κ3) is 6.90. The molecule has 1 unspecified atom stereocenters. The van der Waals surface area contributed by atoms with Crippen molar-refractivity contribution in [3.63, 3.8) is 0 Å². The average Bonchev–Trinajstić information content (AvgIpc) is 2.78. The van der Waals surface area contributed by atoms with Crippen LogP contribution in [0, 0.1) is 5.82 Å². The van der Waals surface area contributed by atoms with Crippen LogP contribution in [-0.4, -0.2) is 22.8 Å². The number of aromatic nitrogens is 1. The van der Waals surface area contributed by atoms with E-state index in [2.05, 4.69) is 49.2 Å². The molecule has 0 saturated heterocycles. The lowest BCUT2D eigenvalue weighted by Gasteiger charge is -2.12. The van der Waals surface area contributed by atoms with Crippen molar-refractivity contribution in [2.75, 3.05) is 6.61 Å². The normalized spacial score (nSPS) is 12.6. The van der Waals surface area contributed by atoms with Gasteiger partial charge in [-0.15, -0.1) is 0 Å². The fourth-order valence-electron chi connectivity index (χ4n) is 3.55. The summed E-state index contributed by atoms with van der Waals surface area (Å²) in [6.07, 6.45) is 13.4. The zero-order valence-corrected chi connectivity index (χ0v) is 18.5. The van der Waals surface area contributed by atoms with Crippen molar-refractivity contribution in [2.45, 2.75) is 58.5 Å². The molecule has 4 heteroatoms. The van der Waals surface area contributed by atoms with Gasteiger partial charge in [0.2, 0.25) is 0 Å². The van der Waals surface area contributed by atoms with Crippen LogP contribution in [0.15, 0.2) is 54.7 Å². The number of halogens is 1. The van der Waals surface area contributed by atoms with Crippen molar-refractivity contribution in [3.8, 4) is 17.0 Å². The highest BCUT2D eigenvalue weighted by atomic mass is 19.1. The number of phenolic OH excluding ortho intramolecular Hbond substituents is 1. The molecular formula is C27H32FNO2. The minimum absolute atomic E-state index is 0.327. The molecule has 31 heavy (non-hydrogen) atoms. The molecule has 0 bridgehead atoms. The predicted octanol–water partition coefficient (Wildman–Crippen LogP) is 7.53. The van der Waals surface area contributed by atoms with Gasteiger partial charge in [-0.1, -0.05) is 44.1 Å². The fraction of sp³-hybridized carbons (Fsp3) is 0.370. The molecule has 0 aliphatic rings. The number of fused-ring (bicyclic) bond motifs is 1. The molecule has 3 nitrogen and oxygen atoms in total. The maximum atomic E-state index is 13.6. The van der Waals surface area contributed by atoms with Crippen LogP contribution in [0.4, 0.5) is 4.39 Å². The van der Waals surface area contributed by atoms with Crippen molar-refractivity contribution in [1.29, 1.82) is 0 Å². The summed E-state index contributed by atoms with van der Waals surface area (Å²) in [7, 11) is 0. The van der Waals surface area contributed by atoms with E-state index in [1.54, 1.807) is 6.07 Å². The summed E-state index contributed by atoms with van der Waals surface area (Å²) in [5.74, 6) is -0.993. The van der Waals surface area contributed by atoms with Gasteiger partial charge in [-0.2, -0.15) is 0 Å². The molecule has 0 aliphatic heterocycles. The third-order valence-corrected chi connectivity index (χ3v) is 5.43. The van der Waals surface area contributed by atoms with Gasteiger partial charge < -0.3 is 9.84 Å². The summed E-state index contributed by atoms with van der Waals surface area (Å²) in [5, 5.41) is 11.5. The summed E-state index contributed by atoms with van der Waals surface area (Å²) in [6.45, 7) is 5.24. The molecule has 0 amide bonds. The quantitative estimate of drug-likeness (QED) is 0.325. The number of hydrogen-bond donors (Lipinski definition) is 1. The maximum absolute atomic E-state index is 13.6. The monoisotopic (exact) mass is 421 g/mol. The Hall–Kier alpha value is -2.72. The Kier molecular flexibility index (Phi) is 8.60. The molecule has 0 spiro atoms. The van der Waals surface area contributed by atoms with Crippen LogP contribution in [0.5, 0.6) is 5.75 Å². The van der Waals surface area contributed by atoms with Gasteiger partial charge in [0.25, 0.3) is 0 Å². The summed E-state index contributed by atoms with van der Waals surface area (Å²) in [5.41, 5.74) is 2.46. The number of pyridine rings is 1. The second-order valence-corrected chi connectivity index (χ2v) is 8.06. The number of nitrogens with zero attached hydrogens (tertiary/aromatic N) is 1. The van der Waals surface area contributed by atoms with E-state index in [1.165, 1.54) is 25.0 Å². The molecule has 164 valence electrons. The number of aromatic hydroxyl groups is 1. The second-order valence-electron chi connectivity index (χ2n) is 8.06. The number of allylic oxidation sites excluding steroid dienone is 1. The highest BCUT2D eigenvalue weighted by Crippen LogP contribution is 2.26. The van der Waals surface area contributed by atoms with E-state index in [-0.39, 0.29) is 5.75 Å². The summed E-state index contributed by atoms with van der Waals surface area (Å²) in [4.78, 5) is 4.47. The summed E-state index contributed by atoms with van der Waals surface area (Å²) >= 11 is 0. The van der Waals surface area contributed by atoms with E-state index >= 15 is 0 Å². The highest BCUT2D eigenvalue weighted by molar-refractivity contribution is 5.87. The van der Waals surface area contributed by atoms with Gasteiger partial charge in [0, 0.05) is 23.8 Å². The van der Waals surface area contributed by atoms with Crippen molar-refractivity contribution in [3.05, 3.63) is 66.1 Å². The average molecular weight is 422 g/mol. The maximum Gasteiger partial charge on any atom is 0.165 e. The van der Waals surface area contributed by atoms with Crippen LogP contribution in [0.25, 0.3) is 28.1 Å². The second kappa shape index (κ2) is 11.6. The van der Waals surface area contributed by atoms with Gasteiger partial charge in [-0.3, -0.25) is 4.98 Å². The van der Waals surface area contributed by atoms with E-state index in [4.69, 9.17) is 4.74 Å². The van der Waals surface area contributed by atoms with Crippen molar-refractivity contribution < 1.29 is 14.2 Å². The van der Waals surface area contributed by atoms with Gasteiger partial charge in [0.1, 0.15) is 0 Å². The summed E-state index contributed by atoms with van der Waals surface area (Å²) in [6, 6.07) is 12.5. The first-order chi connectivity index (χ1) is 15.1. The van der Waals surface area contributed by atoms with E-state index in [1.807, 2.05) is 12.3 Å². The van der Waals surface area contributed by atoms with Gasteiger partial charge in [0.05, 0.1) is 11.8 Å². The number of phenols is 1. The lowest BCUT2D eigenvalue weighted by atomic mass is 10.0. The molecule has 1 aromatic heterocycles. The SMILES string of the molecule is CCCCCOC(C)CCCC=Cc1ccc2cc(-c3ccc(O)c(F)c3)ncc2c1. The number of unbranched alkanes of at least 4 members (excludes halogenated alkanes) is 3. The van der Waals surface area contributed by atoms with Gasteiger partial charge in [-0.25, -0.2) is 4.39 Å². The predicted molar refractivity (Wildman–Crippen MR) is 127 cm³/mol. The van der Waals surface area contributed by atoms with E-state index in [9.17, 15) is 9.50 Å². The fourth-order valence-corrected chi connectivity index (χ4v) is 3.55. The largest absolute Gasteiger partial charge is 0.505 e. The third-order valence-electron chi connectivity index (χ3n) is 5.43. The molecule has 2 aromatic carbocycles. The van der Waals surface area contributed by atoms with Crippen molar-refractivity contribution in [2.24, 2.45) is 0 Å². The lowest BCUT2D eigenvalue weighted by Crippen LogP contribution is -2.08. The molecule has 3 rings (SSSR count). The van der Waals surface area contributed by atoms with Gasteiger partial charge in [0.15, 0.2) is 11.6 Å². The number of ether oxygens (including phenoxy) is 1. The Morgan fingerprint density at radius 1 is 1.06 bits per heavy atom. The molecule has 0 aliphatic carbocycles. The standard InChI is InChI=1S/C27H32FNO2/c1-3-4-8-15-31-20(2)9-6-5-7-10-21-11-12-22-18-26(29-19-24(22)16-21)23-13-14-27(30)25(28)17-23/h7,10-14,16-20,30H,3-6,8-9,15H2,1-2H3. The lowest BCUT2D eigenvalue weighted by molar-refractivity contribution is 0.0566. The van der Waals surface area contributed by atoms with Crippen molar-refractivity contribution in [1.82, 2.24) is 4.98 Å². The van der Waals surface area contributed by atoms with Crippen LogP contribution < -0.4 is 0 Å². The van der Waals surface area contributed by atoms with Crippen LogP contribution in [-0.2, 0) is 4.74 Å². The van der Waals surface area contributed by atoms with Crippen LogP contribution in [0.2, 0.25) is 0 Å². The molecule has 0 fully saturated rings.